The summed E-state index contributed by atoms with van der Waals surface area (Å²) in [6.45, 7) is 3.63. The minimum Gasteiger partial charge on any atom is -0.382 e. The van der Waals surface area contributed by atoms with Gasteiger partial charge in [0.05, 0.1) is 13.2 Å². The van der Waals surface area contributed by atoms with Crippen molar-refractivity contribution in [3.63, 3.8) is 0 Å². The van der Waals surface area contributed by atoms with E-state index in [0.29, 0.717) is 13.2 Å². The zero-order valence-corrected chi connectivity index (χ0v) is 12.7. The first-order chi connectivity index (χ1) is 9.76. The lowest BCUT2D eigenvalue weighted by Crippen LogP contribution is -2.37. The molecular formula is C14H26N4O2. The summed E-state index contributed by atoms with van der Waals surface area (Å²) in [5.74, 6) is 0.811. The Morgan fingerprint density at radius 1 is 1.30 bits per heavy atom. The van der Waals surface area contributed by atoms with Gasteiger partial charge in [0.15, 0.2) is 5.96 Å². The van der Waals surface area contributed by atoms with Crippen LogP contribution >= 0.6 is 0 Å². The Labute approximate surface area is 121 Å². The van der Waals surface area contributed by atoms with Crippen LogP contribution in [-0.4, -0.2) is 51.0 Å². The Morgan fingerprint density at radius 3 is 2.80 bits per heavy atom. The summed E-state index contributed by atoms with van der Waals surface area (Å²) in [6.07, 6.45) is 5.06. The Kier molecular flexibility index (Phi) is 8.49. The number of aliphatic imine (C=N–C) groups is 1. The van der Waals surface area contributed by atoms with Crippen molar-refractivity contribution in [1.82, 2.24) is 15.2 Å². The van der Waals surface area contributed by atoms with Gasteiger partial charge in [0.1, 0.15) is 0 Å². The molecule has 0 amide bonds. The largest absolute Gasteiger partial charge is 0.382 e. The van der Waals surface area contributed by atoms with Gasteiger partial charge in [-0.25, -0.2) is 0 Å². The number of nitrogens with zero attached hydrogens (tertiary/aromatic N) is 2. The monoisotopic (exact) mass is 282 g/mol. The first-order valence-electron chi connectivity index (χ1n) is 6.88. The summed E-state index contributed by atoms with van der Waals surface area (Å²) in [4.78, 5) is 4.18. The Hall–Kier alpha value is -1.53. The van der Waals surface area contributed by atoms with E-state index in [-0.39, 0.29) is 0 Å². The van der Waals surface area contributed by atoms with Crippen molar-refractivity contribution in [2.24, 2.45) is 12.0 Å². The molecule has 0 aliphatic heterocycles. The average Bonchev–Trinajstić information content (AvgIpc) is 2.87. The molecule has 0 radical (unpaired) electrons. The number of aromatic nitrogens is 1. The first kappa shape index (κ1) is 16.5. The second kappa shape index (κ2) is 10.3. The first-order valence-corrected chi connectivity index (χ1v) is 6.88. The molecule has 0 atom stereocenters. The molecule has 1 aromatic heterocycles. The van der Waals surface area contributed by atoms with Crippen LogP contribution in [0.25, 0.3) is 0 Å². The number of hydrogen-bond acceptors (Lipinski definition) is 3. The van der Waals surface area contributed by atoms with Crippen LogP contribution in [-0.2, 0) is 23.1 Å². The lowest BCUT2D eigenvalue weighted by Gasteiger charge is -2.11. The number of methoxy groups -OCH3 is 1. The van der Waals surface area contributed by atoms with Crippen molar-refractivity contribution in [3.05, 3.63) is 24.0 Å². The maximum atomic E-state index is 5.39. The predicted molar refractivity (Wildman–Crippen MR) is 80.9 cm³/mol. The van der Waals surface area contributed by atoms with E-state index in [9.17, 15) is 0 Å². The Bertz CT molecular complexity index is 390. The number of ether oxygens (including phenoxy) is 2. The molecule has 0 aliphatic carbocycles. The van der Waals surface area contributed by atoms with Gasteiger partial charge < -0.3 is 24.7 Å². The van der Waals surface area contributed by atoms with E-state index in [1.165, 1.54) is 5.56 Å². The van der Waals surface area contributed by atoms with Crippen molar-refractivity contribution in [2.45, 2.75) is 13.0 Å². The molecule has 20 heavy (non-hydrogen) atoms. The summed E-state index contributed by atoms with van der Waals surface area (Å²) >= 11 is 0. The predicted octanol–water partition coefficient (Wildman–Crippen LogP) is 0.743. The van der Waals surface area contributed by atoms with E-state index >= 15 is 0 Å². The zero-order chi connectivity index (χ0) is 14.6. The van der Waals surface area contributed by atoms with Crippen LogP contribution in [0.5, 0.6) is 0 Å². The number of nitrogens with one attached hydrogen (secondary N) is 2. The normalized spacial score (nSPS) is 11.7. The SMILES string of the molecule is CN=C(NCCCOCCOC)NCc1ccn(C)c1. The van der Waals surface area contributed by atoms with Crippen LogP contribution in [0.2, 0.25) is 0 Å². The van der Waals surface area contributed by atoms with Gasteiger partial charge in [-0.15, -0.1) is 0 Å². The number of rotatable bonds is 9. The van der Waals surface area contributed by atoms with Gasteiger partial charge in [0.25, 0.3) is 0 Å². The highest BCUT2D eigenvalue weighted by molar-refractivity contribution is 5.79. The van der Waals surface area contributed by atoms with E-state index in [4.69, 9.17) is 9.47 Å². The number of hydrogen-bond donors (Lipinski definition) is 2. The Balaban J connectivity index is 2.08. The molecule has 0 saturated heterocycles. The van der Waals surface area contributed by atoms with Crippen molar-refractivity contribution >= 4 is 5.96 Å². The lowest BCUT2D eigenvalue weighted by atomic mass is 10.3. The van der Waals surface area contributed by atoms with Crippen LogP contribution in [0, 0.1) is 0 Å². The zero-order valence-electron chi connectivity index (χ0n) is 12.7. The van der Waals surface area contributed by atoms with E-state index in [1.54, 1.807) is 14.2 Å². The van der Waals surface area contributed by atoms with Crippen molar-refractivity contribution in [1.29, 1.82) is 0 Å². The van der Waals surface area contributed by atoms with E-state index in [1.807, 2.05) is 17.8 Å². The molecule has 0 fully saturated rings. The van der Waals surface area contributed by atoms with Crippen LogP contribution in [0.4, 0.5) is 0 Å². The molecular weight excluding hydrogens is 256 g/mol. The highest BCUT2D eigenvalue weighted by atomic mass is 16.5. The fourth-order valence-electron chi connectivity index (χ4n) is 1.70. The molecule has 114 valence electrons. The third kappa shape index (κ3) is 7.16. The molecule has 0 bridgehead atoms. The molecule has 6 heteroatoms. The van der Waals surface area contributed by atoms with Crippen molar-refractivity contribution < 1.29 is 9.47 Å². The fourth-order valence-corrected chi connectivity index (χ4v) is 1.70. The second-order valence-electron chi connectivity index (χ2n) is 4.50. The summed E-state index contributed by atoms with van der Waals surface area (Å²) < 4.78 is 12.3. The Morgan fingerprint density at radius 2 is 2.15 bits per heavy atom. The molecule has 6 nitrogen and oxygen atoms in total. The van der Waals surface area contributed by atoms with Gasteiger partial charge in [0.2, 0.25) is 0 Å². The molecule has 0 aliphatic rings. The van der Waals surface area contributed by atoms with Gasteiger partial charge in [-0.1, -0.05) is 0 Å². The van der Waals surface area contributed by atoms with E-state index < -0.39 is 0 Å². The smallest absolute Gasteiger partial charge is 0.191 e. The molecule has 0 aromatic carbocycles. The van der Waals surface area contributed by atoms with E-state index in [2.05, 4.69) is 27.9 Å². The van der Waals surface area contributed by atoms with Gasteiger partial charge in [-0.05, 0) is 18.1 Å². The van der Waals surface area contributed by atoms with Crippen LogP contribution in [0.1, 0.15) is 12.0 Å². The second-order valence-corrected chi connectivity index (χ2v) is 4.50. The van der Waals surface area contributed by atoms with Crippen LogP contribution in [0.3, 0.4) is 0 Å². The van der Waals surface area contributed by atoms with Gasteiger partial charge in [-0.2, -0.15) is 0 Å². The molecule has 1 rings (SSSR count). The maximum absolute atomic E-state index is 5.39. The number of guanidine groups is 1. The highest BCUT2D eigenvalue weighted by Crippen LogP contribution is 1.98. The quantitative estimate of drug-likeness (QED) is 0.398. The summed E-state index contributed by atoms with van der Waals surface area (Å²) in [6, 6.07) is 2.09. The summed E-state index contributed by atoms with van der Waals surface area (Å²) in [5.41, 5.74) is 1.23. The summed E-state index contributed by atoms with van der Waals surface area (Å²) in [5, 5.41) is 6.53. The fraction of sp³-hybridized carbons (Fsp3) is 0.643. The molecule has 1 heterocycles. The van der Waals surface area contributed by atoms with Crippen LogP contribution < -0.4 is 10.6 Å². The summed E-state index contributed by atoms with van der Waals surface area (Å²) in [7, 11) is 5.46. The van der Waals surface area contributed by atoms with Gasteiger partial charge >= 0.3 is 0 Å². The van der Waals surface area contributed by atoms with Gasteiger partial charge in [-0.3, -0.25) is 4.99 Å². The molecule has 0 spiro atoms. The number of aryl methyl sites for hydroxylation is 1. The molecule has 0 saturated carbocycles. The van der Waals surface area contributed by atoms with Gasteiger partial charge in [0, 0.05) is 53.3 Å². The lowest BCUT2D eigenvalue weighted by molar-refractivity contribution is 0.0698. The molecule has 0 unspecified atom stereocenters. The molecule has 2 N–H and O–H groups in total. The minimum atomic E-state index is 0.647. The molecule has 1 aromatic rings. The van der Waals surface area contributed by atoms with Crippen molar-refractivity contribution in [3.8, 4) is 0 Å². The standard InChI is InChI=1S/C14H26N4O2/c1-15-14(16-6-4-8-20-10-9-19-3)17-11-13-5-7-18(2)12-13/h5,7,12H,4,6,8-11H2,1-3H3,(H2,15,16,17). The highest BCUT2D eigenvalue weighted by Gasteiger charge is 1.99. The van der Waals surface area contributed by atoms with Crippen molar-refractivity contribution in [2.75, 3.05) is 40.5 Å². The topological polar surface area (TPSA) is 59.8 Å². The maximum Gasteiger partial charge on any atom is 0.191 e. The minimum absolute atomic E-state index is 0.647. The average molecular weight is 282 g/mol. The van der Waals surface area contributed by atoms with Crippen LogP contribution in [0.15, 0.2) is 23.5 Å². The third-order valence-corrected chi connectivity index (χ3v) is 2.77. The third-order valence-electron chi connectivity index (χ3n) is 2.77. The van der Waals surface area contributed by atoms with E-state index in [0.717, 1.165) is 32.1 Å².